The monoisotopic (exact) mass is 274 g/mol. The first-order valence-corrected chi connectivity index (χ1v) is 7.40. The highest BCUT2D eigenvalue weighted by Gasteiger charge is 2.34. The Morgan fingerprint density at radius 1 is 1.35 bits per heavy atom. The van der Waals surface area contributed by atoms with Crippen molar-refractivity contribution in [3.8, 4) is 0 Å². The second kappa shape index (κ2) is 5.47. The summed E-state index contributed by atoms with van der Waals surface area (Å²) < 4.78 is 0. The lowest BCUT2D eigenvalue weighted by Gasteiger charge is -2.27. The van der Waals surface area contributed by atoms with E-state index in [4.69, 9.17) is 0 Å². The molecule has 110 valence electrons. The molecule has 0 aliphatic carbocycles. The number of hydrogen-bond acceptors (Lipinski definition) is 2. The van der Waals surface area contributed by atoms with E-state index in [1.54, 1.807) is 0 Å². The lowest BCUT2D eigenvalue weighted by molar-refractivity contribution is 0.0777. The fraction of sp³-hybridized carbons (Fsp3) is 0.588. The molecule has 0 spiro atoms. The molecule has 0 bridgehead atoms. The Hall–Kier alpha value is -1.51. The summed E-state index contributed by atoms with van der Waals surface area (Å²) in [5.41, 5.74) is 3.15. The SMILES string of the molecule is CNc1cc(C)ccc1C(=O)N1CCC(C(C)(C)C)C1. The molecular weight excluding hydrogens is 248 g/mol. The highest BCUT2D eigenvalue weighted by atomic mass is 16.2. The summed E-state index contributed by atoms with van der Waals surface area (Å²) >= 11 is 0. The van der Waals surface area contributed by atoms with E-state index < -0.39 is 0 Å². The van der Waals surface area contributed by atoms with Crippen LogP contribution in [-0.4, -0.2) is 30.9 Å². The van der Waals surface area contributed by atoms with Gasteiger partial charge >= 0.3 is 0 Å². The summed E-state index contributed by atoms with van der Waals surface area (Å²) in [6.45, 7) is 10.6. The van der Waals surface area contributed by atoms with Crippen LogP contribution in [0, 0.1) is 18.3 Å². The predicted octanol–water partition coefficient (Wildman–Crippen LogP) is 3.54. The van der Waals surface area contributed by atoms with Crippen LogP contribution in [0.15, 0.2) is 18.2 Å². The highest BCUT2D eigenvalue weighted by Crippen LogP contribution is 2.34. The third-order valence-electron chi connectivity index (χ3n) is 4.38. The van der Waals surface area contributed by atoms with Gasteiger partial charge in [0.15, 0.2) is 0 Å². The maximum absolute atomic E-state index is 12.7. The Morgan fingerprint density at radius 2 is 2.05 bits per heavy atom. The van der Waals surface area contributed by atoms with E-state index in [0.29, 0.717) is 5.92 Å². The maximum atomic E-state index is 12.7. The Kier molecular flexibility index (Phi) is 4.07. The predicted molar refractivity (Wildman–Crippen MR) is 84.2 cm³/mol. The zero-order chi connectivity index (χ0) is 14.9. The minimum absolute atomic E-state index is 0.154. The number of nitrogens with one attached hydrogen (secondary N) is 1. The van der Waals surface area contributed by atoms with Crippen LogP contribution in [0.5, 0.6) is 0 Å². The third kappa shape index (κ3) is 2.97. The van der Waals surface area contributed by atoms with Crippen molar-refractivity contribution in [3.63, 3.8) is 0 Å². The molecule has 1 amide bonds. The first-order valence-electron chi connectivity index (χ1n) is 7.40. The Bertz CT molecular complexity index is 502. The molecular formula is C17H26N2O. The smallest absolute Gasteiger partial charge is 0.255 e. The zero-order valence-electron chi connectivity index (χ0n) is 13.3. The molecule has 1 atom stereocenters. The maximum Gasteiger partial charge on any atom is 0.255 e. The molecule has 3 heteroatoms. The number of carbonyl (C=O) groups excluding carboxylic acids is 1. The molecule has 1 aliphatic rings. The normalized spacial score (nSPS) is 19.2. The van der Waals surface area contributed by atoms with Crippen molar-refractivity contribution in [3.05, 3.63) is 29.3 Å². The minimum Gasteiger partial charge on any atom is -0.387 e. The van der Waals surface area contributed by atoms with Gasteiger partial charge in [0.05, 0.1) is 5.56 Å². The minimum atomic E-state index is 0.154. The van der Waals surface area contributed by atoms with Crippen molar-refractivity contribution in [2.24, 2.45) is 11.3 Å². The first kappa shape index (κ1) is 14.9. The molecule has 2 rings (SSSR count). The lowest BCUT2D eigenvalue weighted by Crippen LogP contribution is -2.31. The molecule has 1 saturated heterocycles. The summed E-state index contributed by atoms with van der Waals surface area (Å²) in [5, 5.41) is 3.13. The molecule has 1 aromatic carbocycles. The van der Waals surface area contributed by atoms with Crippen LogP contribution < -0.4 is 5.32 Å². The highest BCUT2D eigenvalue weighted by molar-refractivity contribution is 5.99. The van der Waals surface area contributed by atoms with Crippen LogP contribution in [-0.2, 0) is 0 Å². The van der Waals surface area contributed by atoms with Crippen LogP contribution in [0.3, 0.4) is 0 Å². The van der Waals surface area contributed by atoms with E-state index in [-0.39, 0.29) is 11.3 Å². The van der Waals surface area contributed by atoms with Gasteiger partial charge in [0.2, 0.25) is 0 Å². The fourth-order valence-corrected chi connectivity index (χ4v) is 2.87. The average molecular weight is 274 g/mol. The molecule has 1 fully saturated rings. The number of likely N-dealkylation sites (tertiary alicyclic amines) is 1. The second-order valence-electron chi connectivity index (χ2n) is 6.90. The molecule has 20 heavy (non-hydrogen) atoms. The van der Waals surface area contributed by atoms with Gasteiger partial charge < -0.3 is 10.2 Å². The van der Waals surface area contributed by atoms with Gasteiger partial charge in [-0.2, -0.15) is 0 Å². The Morgan fingerprint density at radius 3 is 2.60 bits per heavy atom. The van der Waals surface area contributed by atoms with Crippen molar-refractivity contribution in [1.29, 1.82) is 0 Å². The molecule has 1 aromatic rings. The van der Waals surface area contributed by atoms with Crippen molar-refractivity contribution < 1.29 is 4.79 Å². The molecule has 0 radical (unpaired) electrons. The molecule has 1 unspecified atom stereocenters. The number of nitrogens with zero attached hydrogens (tertiary/aromatic N) is 1. The van der Waals surface area contributed by atoms with E-state index in [0.717, 1.165) is 30.8 Å². The lowest BCUT2D eigenvalue weighted by atomic mass is 9.80. The van der Waals surface area contributed by atoms with Crippen LogP contribution >= 0.6 is 0 Å². The summed E-state index contributed by atoms with van der Waals surface area (Å²) in [5.74, 6) is 0.746. The molecule has 1 aliphatic heterocycles. The average Bonchev–Trinajstić information content (AvgIpc) is 2.87. The third-order valence-corrected chi connectivity index (χ3v) is 4.38. The van der Waals surface area contributed by atoms with Crippen LogP contribution in [0.25, 0.3) is 0 Å². The summed E-state index contributed by atoms with van der Waals surface area (Å²) in [4.78, 5) is 14.7. The quantitative estimate of drug-likeness (QED) is 0.894. The van der Waals surface area contributed by atoms with Crippen LogP contribution in [0.2, 0.25) is 0 Å². The summed E-state index contributed by atoms with van der Waals surface area (Å²) in [6, 6.07) is 5.98. The van der Waals surface area contributed by atoms with E-state index in [2.05, 4.69) is 26.1 Å². The van der Waals surface area contributed by atoms with Gasteiger partial charge in [0, 0.05) is 25.8 Å². The molecule has 0 aromatic heterocycles. The second-order valence-corrected chi connectivity index (χ2v) is 6.90. The van der Waals surface area contributed by atoms with Crippen molar-refractivity contribution in [1.82, 2.24) is 4.90 Å². The van der Waals surface area contributed by atoms with Gasteiger partial charge in [-0.25, -0.2) is 0 Å². The number of aryl methyl sites for hydroxylation is 1. The van der Waals surface area contributed by atoms with Gasteiger partial charge in [0.25, 0.3) is 5.91 Å². The topological polar surface area (TPSA) is 32.3 Å². The molecule has 1 N–H and O–H groups in total. The van der Waals surface area contributed by atoms with Gasteiger partial charge in [-0.1, -0.05) is 26.8 Å². The summed E-state index contributed by atoms with van der Waals surface area (Å²) in [6.07, 6.45) is 1.11. The Balaban J connectivity index is 2.17. The number of amides is 1. The van der Waals surface area contributed by atoms with Gasteiger partial charge in [-0.05, 0) is 42.4 Å². The van der Waals surface area contributed by atoms with Crippen LogP contribution in [0.1, 0.15) is 43.1 Å². The number of carbonyl (C=O) groups is 1. The fourth-order valence-electron chi connectivity index (χ4n) is 2.87. The van der Waals surface area contributed by atoms with E-state index in [1.807, 2.05) is 37.1 Å². The molecule has 0 saturated carbocycles. The van der Waals surface area contributed by atoms with Gasteiger partial charge in [0.1, 0.15) is 0 Å². The van der Waals surface area contributed by atoms with Crippen molar-refractivity contribution in [2.45, 2.75) is 34.1 Å². The molecule has 1 heterocycles. The first-order chi connectivity index (χ1) is 9.32. The standard InChI is InChI=1S/C17H26N2O/c1-12-6-7-14(15(10-12)18-5)16(20)19-9-8-13(11-19)17(2,3)4/h6-7,10,13,18H,8-9,11H2,1-5H3. The number of benzene rings is 1. The summed E-state index contributed by atoms with van der Waals surface area (Å²) in [7, 11) is 1.87. The van der Waals surface area contributed by atoms with Crippen molar-refractivity contribution in [2.75, 3.05) is 25.5 Å². The largest absolute Gasteiger partial charge is 0.387 e. The zero-order valence-corrected chi connectivity index (χ0v) is 13.3. The van der Waals surface area contributed by atoms with Crippen LogP contribution in [0.4, 0.5) is 5.69 Å². The Labute approximate surface area is 122 Å². The molecule has 3 nitrogen and oxygen atoms in total. The van der Waals surface area contributed by atoms with E-state index in [1.165, 1.54) is 5.56 Å². The van der Waals surface area contributed by atoms with Gasteiger partial charge in [-0.3, -0.25) is 4.79 Å². The number of anilines is 1. The van der Waals surface area contributed by atoms with Crippen molar-refractivity contribution >= 4 is 11.6 Å². The number of rotatable bonds is 2. The van der Waals surface area contributed by atoms with Gasteiger partial charge in [-0.15, -0.1) is 0 Å². The number of hydrogen-bond donors (Lipinski definition) is 1. The van der Waals surface area contributed by atoms with E-state index in [9.17, 15) is 4.79 Å². The van der Waals surface area contributed by atoms with E-state index >= 15 is 0 Å².